The Labute approximate surface area is 97.1 Å². The molecule has 1 aliphatic rings. The SMILES string of the molecule is Cc1cc(C)cc(C(N)C2=CCCCO2)c1. The van der Waals surface area contributed by atoms with E-state index < -0.39 is 0 Å². The highest BCUT2D eigenvalue weighted by Crippen LogP contribution is 2.25. The molecule has 1 aliphatic heterocycles. The number of ether oxygens (including phenoxy) is 1. The summed E-state index contributed by atoms with van der Waals surface area (Å²) in [5, 5.41) is 0. The predicted octanol–water partition coefficient (Wildman–Crippen LogP) is 3.00. The number of nitrogens with two attached hydrogens (primary N) is 1. The smallest absolute Gasteiger partial charge is 0.113 e. The van der Waals surface area contributed by atoms with Crippen molar-refractivity contribution >= 4 is 0 Å². The van der Waals surface area contributed by atoms with Crippen molar-refractivity contribution in [3.05, 3.63) is 46.7 Å². The van der Waals surface area contributed by atoms with Crippen molar-refractivity contribution in [2.24, 2.45) is 5.73 Å². The Morgan fingerprint density at radius 2 is 1.88 bits per heavy atom. The fourth-order valence-electron chi connectivity index (χ4n) is 2.15. The van der Waals surface area contributed by atoms with Crippen molar-refractivity contribution in [1.82, 2.24) is 0 Å². The molecule has 0 aromatic heterocycles. The van der Waals surface area contributed by atoms with Gasteiger partial charge in [-0.05, 0) is 38.3 Å². The molecule has 1 atom stereocenters. The van der Waals surface area contributed by atoms with Crippen LogP contribution in [-0.4, -0.2) is 6.61 Å². The second-order valence-electron chi connectivity index (χ2n) is 4.50. The molecule has 86 valence electrons. The number of hydrogen-bond donors (Lipinski definition) is 1. The Kier molecular flexibility index (Phi) is 3.30. The van der Waals surface area contributed by atoms with E-state index in [1.54, 1.807) is 0 Å². The number of aryl methyl sites for hydroxylation is 2. The minimum atomic E-state index is -0.112. The molecule has 1 aromatic carbocycles. The highest BCUT2D eigenvalue weighted by atomic mass is 16.5. The molecule has 0 spiro atoms. The Morgan fingerprint density at radius 3 is 2.44 bits per heavy atom. The van der Waals surface area contributed by atoms with Gasteiger partial charge >= 0.3 is 0 Å². The van der Waals surface area contributed by atoms with Crippen molar-refractivity contribution in [1.29, 1.82) is 0 Å². The maximum absolute atomic E-state index is 6.21. The summed E-state index contributed by atoms with van der Waals surface area (Å²) in [6.45, 7) is 4.99. The fraction of sp³-hybridized carbons (Fsp3) is 0.429. The van der Waals surface area contributed by atoms with Crippen LogP contribution >= 0.6 is 0 Å². The topological polar surface area (TPSA) is 35.2 Å². The first-order valence-corrected chi connectivity index (χ1v) is 5.83. The van der Waals surface area contributed by atoms with Crippen LogP contribution in [0.1, 0.15) is 35.6 Å². The lowest BCUT2D eigenvalue weighted by molar-refractivity contribution is 0.176. The van der Waals surface area contributed by atoms with Gasteiger partial charge in [-0.15, -0.1) is 0 Å². The van der Waals surface area contributed by atoms with E-state index in [9.17, 15) is 0 Å². The van der Waals surface area contributed by atoms with E-state index in [-0.39, 0.29) is 6.04 Å². The molecule has 0 saturated heterocycles. The van der Waals surface area contributed by atoms with Gasteiger partial charge in [-0.3, -0.25) is 0 Å². The zero-order chi connectivity index (χ0) is 11.5. The standard InChI is InChI=1S/C14H19NO/c1-10-7-11(2)9-12(8-10)14(15)13-5-3-4-6-16-13/h5,7-9,14H,3-4,6,15H2,1-2H3. The molecule has 16 heavy (non-hydrogen) atoms. The van der Waals surface area contributed by atoms with Gasteiger partial charge in [-0.1, -0.05) is 29.3 Å². The molecule has 0 bridgehead atoms. The third kappa shape index (κ3) is 2.45. The van der Waals surface area contributed by atoms with Crippen molar-refractivity contribution < 1.29 is 4.74 Å². The monoisotopic (exact) mass is 217 g/mol. The van der Waals surface area contributed by atoms with Crippen LogP contribution < -0.4 is 5.73 Å². The first kappa shape index (κ1) is 11.2. The second-order valence-corrected chi connectivity index (χ2v) is 4.50. The molecule has 0 saturated carbocycles. The molecule has 2 rings (SSSR count). The van der Waals surface area contributed by atoms with Crippen LogP contribution in [0.25, 0.3) is 0 Å². The third-order valence-electron chi connectivity index (χ3n) is 2.87. The number of hydrogen-bond acceptors (Lipinski definition) is 2. The van der Waals surface area contributed by atoms with Gasteiger partial charge in [0.05, 0.1) is 12.6 Å². The molecule has 1 aromatic rings. The van der Waals surface area contributed by atoms with Crippen LogP contribution in [0.3, 0.4) is 0 Å². The second kappa shape index (κ2) is 4.71. The Hall–Kier alpha value is -1.28. The average molecular weight is 217 g/mol. The summed E-state index contributed by atoms with van der Waals surface area (Å²) in [4.78, 5) is 0. The van der Waals surface area contributed by atoms with E-state index >= 15 is 0 Å². The average Bonchev–Trinajstić information content (AvgIpc) is 2.28. The molecular weight excluding hydrogens is 198 g/mol. The van der Waals surface area contributed by atoms with Crippen LogP contribution in [0.5, 0.6) is 0 Å². The van der Waals surface area contributed by atoms with E-state index in [0.29, 0.717) is 0 Å². The van der Waals surface area contributed by atoms with Gasteiger partial charge in [0.25, 0.3) is 0 Å². The summed E-state index contributed by atoms with van der Waals surface area (Å²) in [6.07, 6.45) is 4.29. The van der Waals surface area contributed by atoms with Crippen LogP contribution in [0.15, 0.2) is 30.0 Å². The first-order valence-electron chi connectivity index (χ1n) is 5.83. The number of allylic oxidation sites excluding steroid dienone is 1. The highest BCUT2D eigenvalue weighted by molar-refractivity contribution is 5.33. The molecule has 2 nitrogen and oxygen atoms in total. The largest absolute Gasteiger partial charge is 0.496 e. The van der Waals surface area contributed by atoms with E-state index in [1.807, 2.05) is 0 Å². The lowest BCUT2D eigenvalue weighted by atomic mass is 9.99. The van der Waals surface area contributed by atoms with E-state index in [1.165, 1.54) is 11.1 Å². The van der Waals surface area contributed by atoms with E-state index in [4.69, 9.17) is 10.5 Å². The van der Waals surface area contributed by atoms with Crippen LogP contribution in [0.4, 0.5) is 0 Å². The maximum Gasteiger partial charge on any atom is 0.113 e. The molecule has 1 heterocycles. The highest BCUT2D eigenvalue weighted by Gasteiger charge is 2.15. The zero-order valence-corrected chi connectivity index (χ0v) is 9.99. The van der Waals surface area contributed by atoms with Gasteiger partial charge in [0.15, 0.2) is 0 Å². The summed E-state index contributed by atoms with van der Waals surface area (Å²) < 4.78 is 5.61. The van der Waals surface area contributed by atoms with Crippen LogP contribution in [0.2, 0.25) is 0 Å². The zero-order valence-electron chi connectivity index (χ0n) is 9.99. The van der Waals surface area contributed by atoms with Crippen molar-refractivity contribution in [3.63, 3.8) is 0 Å². The van der Waals surface area contributed by atoms with E-state index in [0.717, 1.165) is 30.8 Å². The Bertz CT molecular complexity index is 389. The molecule has 1 unspecified atom stereocenters. The number of rotatable bonds is 2. The third-order valence-corrected chi connectivity index (χ3v) is 2.87. The summed E-state index contributed by atoms with van der Waals surface area (Å²) in [6, 6.07) is 6.32. The van der Waals surface area contributed by atoms with Crippen LogP contribution in [-0.2, 0) is 4.74 Å². The lowest BCUT2D eigenvalue weighted by Gasteiger charge is -2.21. The molecule has 2 heteroatoms. The minimum absolute atomic E-state index is 0.112. The van der Waals surface area contributed by atoms with Gasteiger partial charge in [0.2, 0.25) is 0 Å². The molecular formula is C14H19NO. The molecule has 0 aliphatic carbocycles. The molecule has 0 amide bonds. The summed E-state index contributed by atoms with van der Waals surface area (Å²) >= 11 is 0. The fourth-order valence-corrected chi connectivity index (χ4v) is 2.15. The molecule has 2 N–H and O–H groups in total. The first-order chi connectivity index (χ1) is 7.66. The number of benzene rings is 1. The lowest BCUT2D eigenvalue weighted by Crippen LogP contribution is -2.18. The summed E-state index contributed by atoms with van der Waals surface area (Å²) in [5.74, 6) is 0.927. The van der Waals surface area contributed by atoms with Gasteiger partial charge in [0, 0.05) is 0 Å². The molecule has 0 radical (unpaired) electrons. The Morgan fingerprint density at radius 1 is 1.19 bits per heavy atom. The Balaban J connectivity index is 2.25. The maximum atomic E-state index is 6.21. The van der Waals surface area contributed by atoms with Crippen molar-refractivity contribution in [3.8, 4) is 0 Å². The van der Waals surface area contributed by atoms with Crippen molar-refractivity contribution in [2.75, 3.05) is 6.61 Å². The van der Waals surface area contributed by atoms with Gasteiger partial charge in [-0.25, -0.2) is 0 Å². The van der Waals surface area contributed by atoms with Gasteiger partial charge in [0.1, 0.15) is 5.76 Å². The van der Waals surface area contributed by atoms with E-state index in [2.05, 4.69) is 38.1 Å². The van der Waals surface area contributed by atoms with Crippen LogP contribution in [0, 0.1) is 13.8 Å². The van der Waals surface area contributed by atoms with Gasteiger partial charge in [-0.2, -0.15) is 0 Å². The normalized spacial score (nSPS) is 17.6. The predicted molar refractivity (Wildman–Crippen MR) is 66.1 cm³/mol. The summed E-state index contributed by atoms with van der Waals surface area (Å²) in [7, 11) is 0. The minimum Gasteiger partial charge on any atom is -0.496 e. The quantitative estimate of drug-likeness (QED) is 0.826. The van der Waals surface area contributed by atoms with Crippen molar-refractivity contribution in [2.45, 2.75) is 32.7 Å². The molecule has 0 fully saturated rings. The van der Waals surface area contributed by atoms with Gasteiger partial charge < -0.3 is 10.5 Å². The summed E-state index contributed by atoms with van der Waals surface area (Å²) in [5.41, 5.74) is 9.86.